The van der Waals surface area contributed by atoms with E-state index >= 15 is 0 Å². The Labute approximate surface area is 104 Å². The third-order valence-electron chi connectivity index (χ3n) is 3.07. The molecule has 3 N–H and O–H groups in total. The van der Waals surface area contributed by atoms with E-state index in [9.17, 15) is 9.90 Å². The van der Waals surface area contributed by atoms with E-state index in [0.717, 1.165) is 6.42 Å². The van der Waals surface area contributed by atoms with Crippen LogP contribution in [-0.2, 0) is 4.74 Å². The molecule has 1 aromatic heterocycles. The SMILES string of the molecule is C=CCC1C[C@H](n2cnc(N)nc2=O)O[C@@H]1CO. The average molecular weight is 252 g/mol. The molecule has 1 aliphatic heterocycles. The number of rotatable bonds is 4. The highest BCUT2D eigenvalue weighted by Gasteiger charge is 2.35. The number of ether oxygens (including phenoxy) is 1. The number of hydrogen-bond acceptors (Lipinski definition) is 6. The van der Waals surface area contributed by atoms with Gasteiger partial charge in [-0.2, -0.15) is 4.98 Å². The topological polar surface area (TPSA) is 103 Å². The van der Waals surface area contributed by atoms with Crippen molar-refractivity contribution in [3.05, 3.63) is 29.5 Å². The number of aromatic nitrogens is 3. The van der Waals surface area contributed by atoms with Gasteiger partial charge >= 0.3 is 5.69 Å². The van der Waals surface area contributed by atoms with Gasteiger partial charge in [0.2, 0.25) is 5.95 Å². The first-order valence-corrected chi connectivity index (χ1v) is 5.73. The fourth-order valence-electron chi connectivity index (χ4n) is 2.17. The van der Waals surface area contributed by atoms with Gasteiger partial charge in [0.25, 0.3) is 0 Å². The van der Waals surface area contributed by atoms with Crippen molar-refractivity contribution in [2.24, 2.45) is 5.92 Å². The number of aliphatic hydroxyl groups is 1. The van der Waals surface area contributed by atoms with E-state index in [0.29, 0.717) is 6.42 Å². The molecule has 0 aromatic carbocycles. The molecule has 0 amide bonds. The third kappa shape index (κ3) is 2.41. The molecule has 0 spiro atoms. The highest BCUT2D eigenvalue weighted by Crippen LogP contribution is 2.34. The van der Waals surface area contributed by atoms with Gasteiger partial charge in [-0.1, -0.05) is 6.08 Å². The summed E-state index contributed by atoms with van der Waals surface area (Å²) in [7, 11) is 0. The molecule has 7 nitrogen and oxygen atoms in total. The summed E-state index contributed by atoms with van der Waals surface area (Å²) in [6, 6.07) is 0. The molecule has 0 radical (unpaired) electrons. The molecule has 0 aliphatic carbocycles. The molecule has 3 atom stereocenters. The molecular weight excluding hydrogens is 236 g/mol. The zero-order chi connectivity index (χ0) is 13.1. The Morgan fingerprint density at radius 2 is 2.50 bits per heavy atom. The van der Waals surface area contributed by atoms with Gasteiger partial charge in [-0.25, -0.2) is 9.78 Å². The van der Waals surface area contributed by atoms with Crippen LogP contribution in [0.5, 0.6) is 0 Å². The number of aliphatic hydroxyl groups excluding tert-OH is 1. The Morgan fingerprint density at radius 3 is 3.11 bits per heavy atom. The Morgan fingerprint density at radius 1 is 1.72 bits per heavy atom. The Kier molecular flexibility index (Phi) is 3.73. The minimum atomic E-state index is -0.497. The highest BCUT2D eigenvalue weighted by molar-refractivity contribution is 5.09. The maximum Gasteiger partial charge on any atom is 0.354 e. The number of anilines is 1. The molecule has 7 heteroatoms. The van der Waals surface area contributed by atoms with Crippen LogP contribution in [0.15, 0.2) is 23.8 Å². The summed E-state index contributed by atoms with van der Waals surface area (Å²) in [6.45, 7) is 3.59. The molecule has 1 aromatic rings. The van der Waals surface area contributed by atoms with Gasteiger partial charge < -0.3 is 15.6 Å². The van der Waals surface area contributed by atoms with Gasteiger partial charge in [-0.3, -0.25) is 4.57 Å². The van der Waals surface area contributed by atoms with Crippen LogP contribution < -0.4 is 11.4 Å². The number of allylic oxidation sites excluding steroid dienone is 1. The zero-order valence-electron chi connectivity index (χ0n) is 9.90. The fourth-order valence-corrected chi connectivity index (χ4v) is 2.17. The first-order chi connectivity index (χ1) is 8.65. The molecule has 2 heterocycles. The van der Waals surface area contributed by atoms with Crippen molar-refractivity contribution in [1.29, 1.82) is 0 Å². The second kappa shape index (κ2) is 5.28. The minimum absolute atomic E-state index is 0.0596. The quantitative estimate of drug-likeness (QED) is 0.713. The van der Waals surface area contributed by atoms with Gasteiger partial charge in [0.15, 0.2) is 0 Å². The van der Waals surface area contributed by atoms with Crippen LogP contribution in [0.1, 0.15) is 19.1 Å². The molecule has 1 unspecified atom stereocenters. The van der Waals surface area contributed by atoms with Gasteiger partial charge in [0.05, 0.1) is 12.7 Å². The van der Waals surface area contributed by atoms with E-state index in [2.05, 4.69) is 16.5 Å². The lowest BCUT2D eigenvalue weighted by Gasteiger charge is -2.14. The summed E-state index contributed by atoms with van der Waals surface area (Å²) < 4.78 is 6.92. The predicted octanol–water partition coefficient (Wildman–Crippen LogP) is -0.307. The molecule has 1 aliphatic rings. The first-order valence-electron chi connectivity index (χ1n) is 5.73. The van der Waals surface area contributed by atoms with Crippen LogP contribution in [0.3, 0.4) is 0 Å². The number of nitrogens with two attached hydrogens (primary N) is 1. The van der Waals surface area contributed by atoms with Crippen LogP contribution >= 0.6 is 0 Å². The van der Waals surface area contributed by atoms with Crippen LogP contribution in [0, 0.1) is 5.92 Å². The van der Waals surface area contributed by atoms with E-state index < -0.39 is 11.9 Å². The highest BCUT2D eigenvalue weighted by atomic mass is 16.5. The summed E-state index contributed by atoms with van der Waals surface area (Å²) in [5, 5.41) is 9.24. The standard InChI is InChI=1S/C11H16N4O3/c1-2-3-7-4-9(18-8(7)5-16)15-6-13-10(12)14-11(15)17/h2,6-9,16H,1,3-5H2,(H2,12,14,17)/t7?,8-,9-/m1/s1. The Balaban J connectivity index is 2.20. The lowest BCUT2D eigenvalue weighted by molar-refractivity contribution is -0.0327. The molecule has 0 saturated carbocycles. The summed E-state index contributed by atoms with van der Waals surface area (Å²) in [6.07, 6.45) is 3.69. The molecule has 18 heavy (non-hydrogen) atoms. The average Bonchev–Trinajstić information content (AvgIpc) is 2.72. The molecular formula is C11H16N4O3. The largest absolute Gasteiger partial charge is 0.394 e. The predicted molar refractivity (Wildman–Crippen MR) is 64.6 cm³/mol. The zero-order valence-corrected chi connectivity index (χ0v) is 9.90. The second-order valence-electron chi connectivity index (χ2n) is 4.24. The van der Waals surface area contributed by atoms with Gasteiger partial charge in [-0.15, -0.1) is 6.58 Å². The summed E-state index contributed by atoms with van der Waals surface area (Å²) >= 11 is 0. The summed E-state index contributed by atoms with van der Waals surface area (Å²) in [5.74, 6) is 0.0811. The van der Waals surface area contributed by atoms with Crippen LogP contribution in [-0.4, -0.2) is 32.4 Å². The van der Waals surface area contributed by atoms with E-state index in [1.165, 1.54) is 10.9 Å². The van der Waals surface area contributed by atoms with Gasteiger partial charge in [-0.05, 0) is 18.8 Å². The van der Waals surface area contributed by atoms with Crippen molar-refractivity contribution in [1.82, 2.24) is 14.5 Å². The second-order valence-corrected chi connectivity index (χ2v) is 4.24. The summed E-state index contributed by atoms with van der Waals surface area (Å²) in [5.41, 5.74) is 4.83. The lowest BCUT2D eigenvalue weighted by Crippen LogP contribution is -2.28. The minimum Gasteiger partial charge on any atom is -0.394 e. The number of nitrogen functional groups attached to an aromatic ring is 1. The maximum absolute atomic E-state index is 11.7. The first kappa shape index (κ1) is 12.7. The van der Waals surface area contributed by atoms with Crippen LogP contribution in [0.25, 0.3) is 0 Å². The fraction of sp³-hybridized carbons (Fsp3) is 0.545. The van der Waals surface area contributed by atoms with Gasteiger partial charge in [0.1, 0.15) is 12.6 Å². The molecule has 2 rings (SSSR count). The van der Waals surface area contributed by atoms with Crippen LogP contribution in [0.2, 0.25) is 0 Å². The monoisotopic (exact) mass is 252 g/mol. The summed E-state index contributed by atoms with van der Waals surface area (Å²) in [4.78, 5) is 19.0. The van der Waals surface area contributed by atoms with E-state index in [1.807, 2.05) is 0 Å². The van der Waals surface area contributed by atoms with Crippen molar-refractivity contribution in [2.75, 3.05) is 12.3 Å². The maximum atomic E-state index is 11.7. The third-order valence-corrected chi connectivity index (χ3v) is 3.07. The van der Waals surface area contributed by atoms with E-state index in [-0.39, 0.29) is 24.6 Å². The van der Waals surface area contributed by atoms with Crippen molar-refractivity contribution < 1.29 is 9.84 Å². The normalized spacial score (nSPS) is 27.3. The Hall–Kier alpha value is -1.73. The van der Waals surface area contributed by atoms with E-state index in [1.54, 1.807) is 6.08 Å². The van der Waals surface area contributed by atoms with Crippen molar-refractivity contribution >= 4 is 5.95 Å². The molecule has 1 saturated heterocycles. The van der Waals surface area contributed by atoms with Crippen LogP contribution in [0.4, 0.5) is 5.95 Å². The van der Waals surface area contributed by atoms with Crippen molar-refractivity contribution in [2.45, 2.75) is 25.2 Å². The molecule has 98 valence electrons. The van der Waals surface area contributed by atoms with E-state index in [4.69, 9.17) is 10.5 Å². The number of nitrogens with zero attached hydrogens (tertiary/aromatic N) is 3. The lowest BCUT2D eigenvalue weighted by atomic mass is 9.97. The molecule has 1 fully saturated rings. The van der Waals surface area contributed by atoms with Crippen molar-refractivity contribution in [3.8, 4) is 0 Å². The van der Waals surface area contributed by atoms with Gasteiger partial charge in [0, 0.05) is 0 Å². The van der Waals surface area contributed by atoms with Crippen molar-refractivity contribution in [3.63, 3.8) is 0 Å². The Bertz CT molecular complexity index is 487. The number of hydrogen-bond donors (Lipinski definition) is 2. The smallest absolute Gasteiger partial charge is 0.354 e. The molecule has 0 bridgehead atoms.